The van der Waals surface area contributed by atoms with E-state index in [9.17, 15) is 9.59 Å². The van der Waals surface area contributed by atoms with Gasteiger partial charge in [0.15, 0.2) is 5.82 Å². The predicted molar refractivity (Wildman–Crippen MR) is 56.9 cm³/mol. The Morgan fingerprint density at radius 3 is 2.71 bits per heavy atom. The van der Waals surface area contributed by atoms with Crippen molar-refractivity contribution in [2.45, 2.75) is 33.2 Å². The number of rotatable bonds is 6. The number of carbonyl (C=O) groups is 2. The summed E-state index contributed by atoms with van der Waals surface area (Å²) >= 11 is 0. The highest BCUT2D eigenvalue weighted by molar-refractivity contribution is 5.77. The molecule has 0 aliphatic heterocycles. The first-order valence-corrected chi connectivity index (χ1v) is 5.25. The first-order chi connectivity index (χ1) is 7.97. The Bertz CT molecular complexity index is 402. The number of carboxylic acids is 1. The first-order valence-electron chi connectivity index (χ1n) is 5.25. The molecule has 1 aromatic rings. The van der Waals surface area contributed by atoms with Gasteiger partial charge in [0.25, 0.3) is 0 Å². The summed E-state index contributed by atoms with van der Waals surface area (Å²) in [5.74, 6) is -0.486. The smallest absolute Gasteiger partial charge is 0.303 e. The molecular weight excluding hydrogens is 226 g/mol. The van der Waals surface area contributed by atoms with Crippen LogP contribution in [0.25, 0.3) is 0 Å². The summed E-state index contributed by atoms with van der Waals surface area (Å²) in [7, 11) is 0. The molecule has 17 heavy (non-hydrogen) atoms. The Kier molecular flexibility index (Phi) is 4.62. The van der Waals surface area contributed by atoms with Gasteiger partial charge in [0.05, 0.1) is 6.54 Å². The van der Waals surface area contributed by atoms with Crippen LogP contribution in [0.4, 0.5) is 0 Å². The van der Waals surface area contributed by atoms with Crippen molar-refractivity contribution in [1.29, 1.82) is 0 Å². The van der Waals surface area contributed by atoms with Crippen LogP contribution in [0.1, 0.15) is 31.5 Å². The molecule has 1 unspecified atom stereocenters. The zero-order chi connectivity index (χ0) is 12.8. The van der Waals surface area contributed by atoms with Crippen LogP contribution < -0.4 is 5.32 Å². The molecule has 0 aliphatic carbocycles. The van der Waals surface area contributed by atoms with Crippen molar-refractivity contribution >= 4 is 11.9 Å². The lowest BCUT2D eigenvalue weighted by Crippen LogP contribution is -2.25. The quantitative estimate of drug-likeness (QED) is 0.751. The highest BCUT2D eigenvalue weighted by atomic mass is 16.5. The fraction of sp³-hybridized carbons (Fsp3) is 0.600. The van der Waals surface area contributed by atoms with E-state index in [1.54, 1.807) is 13.8 Å². The van der Waals surface area contributed by atoms with E-state index in [-0.39, 0.29) is 31.2 Å². The number of carbonyl (C=O) groups excluding carboxylic acids is 1. The Morgan fingerprint density at radius 1 is 1.47 bits per heavy atom. The van der Waals surface area contributed by atoms with Crippen LogP contribution in [-0.4, -0.2) is 27.1 Å². The van der Waals surface area contributed by atoms with Gasteiger partial charge in [0, 0.05) is 12.8 Å². The standard InChI is InChI=1S/C10H15N3O4/c1-6(4-10(15)16)3-8(14)11-5-9-12-7(2)13-17-9/h6H,3-5H2,1-2H3,(H,11,14)(H,15,16). The molecule has 0 radical (unpaired) electrons. The molecule has 7 heteroatoms. The summed E-state index contributed by atoms with van der Waals surface area (Å²) in [6.45, 7) is 3.56. The van der Waals surface area contributed by atoms with Gasteiger partial charge in [-0.1, -0.05) is 12.1 Å². The van der Waals surface area contributed by atoms with E-state index in [1.807, 2.05) is 0 Å². The average Bonchev–Trinajstić information content (AvgIpc) is 2.59. The van der Waals surface area contributed by atoms with Crippen molar-refractivity contribution < 1.29 is 19.2 Å². The van der Waals surface area contributed by atoms with E-state index in [1.165, 1.54) is 0 Å². The normalized spacial score (nSPS) is 12.1. The zero-order valence-electron chi connectivity index (χ0n) is 9.77. The van der Waals surface area contributed by atoms with Crippen molar-refractivity contribution in [3.05, 3.63) is 11.7 Å². The number of carboxylic acid groups (broad SMARTS) is 1. The first kappa shape index (κ1) is 13.1. The number of nitrogens with one attached hydrogen (secondary N) is 1. The summed E-state index contributed by atoms with van der Waals surface area (Å²) in [5.41, 5.74) is 0. The summed E-state index contributed by atoms with van der Waals surface area (Å²) in [4.78, 5) is 25.8. The average molecular weight is 241 g/mol. The minimum Gasteiger partial charge on any atom is -0.481 e. The second kappa shape index (κ2) is 5.97. The van der Waals surface area contributed by atoms with Gasteiger partial charge in [-0.2, -0.15) is 4.98 Å². The molecule has 1 heterocycles. The number of aliphatic carboxylic acids is 1. The predicted octanol–water partition coefficient (Wildman–Crippen LogP) is 0.495. The number of hydrogen-bond donors (Lipinski definition) is 2. The Labute approximate surface area is 98.2 Å². The Hall–Kier alpha value is -1.92. The summed E-state index contributed by atoms with van der Waals surface area (Å²) in [5, 5.41) is 14.7. The van der Waals surface area contributed by atoms with Crippen molar-refractivity contribution in [1.82, 2.24) is 15.5 Å². The number of nitrogens with zero attached hydrogens (tertiary/aromatic N) is 2. The third-order valence-electron chi connectivity index (χ3n) is 2.06. The summed E-state index contributed by atoms with van der Waals surface area (Å²) < 4.78 is 4.81. The maximum atomic E-state index is 11.4. The molecule has 0 fully saturated rings. The number of aryl methyl sites for hydroxylation is 1. The van der Waals surface area contributed by atoms with Gasteiger partial charge < -0.3 is 14.9 Å². The lowest BCUT2D eigenvalue weighted by Gasteiger charge is -2.07. The van der Waals surface area contributed by atoms with E-state index in [4.69, 9.17) is 9.63 Å². The van der Waals surface area contributed by atoms with Crippen molar-refractivity contribution in [3.63, 3.8) is 0 Å². The zero-order valence-corrected chi connectivity index (χ0v) is 9.77. The highest BCUT2D eigenvalue weighted by Crippen LogP contribution is 2.07. The third kappa shape index (κ3) is 5.10. The minimum atomic E-state index is -0.905. The van der Waals surface area contributed by atoms with Gasteiger partial charge in [-0.25, -0.2) is 0 Å². The van der Waals surface area contributed by atoms with Crippen LogP contribution in [0, 0.1) is 12.8 Å². The molecule has 0 saturated heterocycles. The monoisotopic (exact) mass is 241 g/mol. The van der Waals surface area contributed by atoms with Gasteiger partial charge in [-0.05, 0) is 12.8 Å². The molecule has 1 aromatic heterocycles. The number of aromatic nitrogens is 2. The molecular formula is C10H15N3O4. The van der Waals surface area contributed by atoms with Crippen LogP contribution in [0.3, 0.4) is 0 Å². The molecule has 0 bridgehead atoms. The van der Waals surface area contributed by atoms with Gasteiger partial charge in [-0.3, -0.25) is 9.59 Å². The fourth-order valence-corrected chi connectivity index (χ4v) is 1.34. The van der Waals surface area contributed by atoms with Crippen LogP contribution in [0.15, 0.2) is 4.52 Å². The van der Waals surface area contributed by atoms with Crippen LogP contribution in [-0.2, 0) is 16.1 Å². The lowest BCUT2D eigenvalue weighted by atomic mass is 10.0. The second-order valence-electron chi connectivity index (χ2n) is 3.92. The van der Waals surface area contributed by atoms with Crippen molar-refractivity contribution in [2.24, 2.45) is 5.92 Å². The topological polar surface area (TPSA) is 105 Å². The lowest BCUT2D eigenvalue weighted by molar-refractivity contribution is -0.138. The second-order valence-corrected chi connectivity index (χ2v) is 3.92. The molecule has 0 aliphatic rings. The van der Waals surface area contributed by atoms with Gasteiger partial charge >= 0.3 is 5.97 Å². The van der Waals surface area contributed by atoms with Gasteiger partial charge in [-0.15, -0.1) is 0 Å². The summed E-state index contributed by atoms with van der Waals surface area (Å²) in [6.07, 6.45) is 0.145. The molecule has 2 N–H and O–H groups in total. The largest absolute Gasteiger partial charge is 0.481 e. The molecule has 7 nitrogen and oxygen atoms in total. The van der Waals surface area contributed by atoms with Crippen molar-refractivity contribution in [3.8, 4) is 0 Å². The van der Waals surface area contributed by atoms with Crippen LogP contribution >= 0.6 is 0 Å². The van der Waals surface area contributed by atoms with Gasteiger partial charge in [0.2, 0.25) is 11.8 Å². The number of hydrogen-bond acceptors (Lipinski definition) is 5. The SMILES string of the molecule is Cc1noc(CNC(=O)CC(C)CC(=O)O)n1. The maximum Gasteiger partial charge on any atom is 0.303 e. The van der Waals surface area contributed by atoms with E-state index >= 15 is 0 Å². The van der Waals surface area contributed by atoms with Gasteiger partial charge in [0.1, 0.15) is 0 Å². The molecule has 1 amide bonds. The number of amides is 1. The van der Waals surface area contributed by atoms with Crippen LogP contribution in [0.2, 0.25) is 0 Å². The molecule has 0 spiro atoms. The molecule has 1 atom stereocenters. The minimum absolute atomic E-state index is 0.0207. The highest BCUT2D eigenvalue weighted by Gasteiger charge is 2.13. The Balaban J connectivity index is 2.28. The summed E-state index contributed by atoms with van der Waals surface area (Å²) in [6, 6.07) is 0. The Morgan fingerprint density at radius 2 is 2.18 bits per heavy atom. The molecule has 94 valence electrons. The maximum absolute atomic E-state index is 11.4. The molecule has 1 rings (SSSR count). The van der Waals surface area contributed by atoms with E-state index in [0.29, 0.717) is 11.7 Å². The van der Waals surface area contributed by atoms with E-state index in [0.717, 1.165) is 0 Å². The fourth-order valence-electron chi connectivity index (χ4n) is 1.34. The molecule has 0 saturated carbocycles. The van der Waals surface area contributed by atoms with Crippen molar-refractivity contribution in [2.75, 3.05) is 0 Å². The third-order valence-corrected chi connectivity index (χ3v) is 2.06. The van der Waals surface area contributed by atoms with E-state index < -0.39 is 5.97 Å². The van der Waals surface area contributed by atoms with E-state index in [2.05, 4.69) is 15.5 Å². The molecule has 0 aromatic carbocycles. The van der Waals surface area contributed by atoms with Crippen LogP contribution in [0.5, 0.6) is 0 Å².